The molecule has 1 aromatic carbocycles. The summed E-state index contributed by atoms with van der Waals surface area (Å²) < 4.78 is 15.6. The third-order valence-corrected chi connectivity index (χ3v) is 4.64. The van der Waals surface area contributed by atoms with Crippen LogP contribution >= 0.6 is 11.6 Å². The smallest absolute Gasteiger partial charge is 0.222 e. The third-order valence-electron chi connectivity index (χ3n) is 4.28. The molecule has 0 unspecified atom stereocenters. The molecule has 1 fully saturated rings. The number of hydrogen-bond donors (Lipinski definition) is 0. The summed E-state index contributed by atoms with van der Waals surface area (Å²) in [4.78, 5) is 14.1. The van der Waals surface area contributed by atoms with Crippen LogP contribution in [0.4, 0.5) is 4.39 Å². The Kier molecular flexibility index (Phi) is 4.91. The molecule has 2 heterocycles. The summed E-state index contributed by atoms with van der Waals surface area (Å²) in [6.07, 6.45) is 5.82. The Morgan fingerprint density at radius 1 is 1.35 bits per heavy atom. The SMILES string of the molecule is O=C(CCc1c(F)cccc1Cl)N1CCC(n2ccnn2)CC1. The molecular weight excluding hydrogens is 319 g/mol. The lowest BCUT2D eigenvalue weighted by Crippen LogP contribution is -2.39. The van der Waals surface area contributed by atoms with Crippen molar-refractivity contribution >= 4 is 17.5 Å². The maximum atomic E-state index is 13.7. The van der Waals surface area contributed by atoms with Crippen LogP contribution in [0.1, 0.15) is 30.9 Å². The molecule has 0 bridgehead atoms. The first-order valence-electron chi connectivity index (χ1n) is 7.71. The minimum Gasteiger partial charge on any atom is -0.343 e. The van der Waals surface area contributed by atoms with E-state index in [1.54, 1.807) is 18.3 Å². The summed E-state index contributed by atoms with van der Waals surface area (Å²) in [5.74, 6) is -0.309. The summed E-state index contributed by atoms with van der Waals surface area (Å²) in [5.41, 5.74) is 0.417. The minimum absolute atomic E-state index is 0.0429. The van der Waals surface area contributed by atoms with Crippen LogP contribution in [0.3, 0.4) is 0 Å². The van der Waals surface area contributed by atoms with Crippen LogP contribution in [0.5, 0.6) is 0 Å². The summed E-state index contributed by atoms with van der Waals surface area (Å²) in [7, 11) is 0. The topological polar surface area (TPSA) is 51.0 Å². The molecule has 1 aromatic heterocycles. The first-order chi connectivity index (χ1) is 11.1. The molecule has 0 atom stereocenters. The number of halogens is 2. The number of aromatic nitrogens is 3. The molecule has 1 aliphatic rings. The molecular formula is C16H18ClFN4O. The highest BCUT2D eigenvalue weighted by atomic mass is 35.5. The first-order valence-corrected chi connectivity index (χ1v) is 8.09. The lowest BCUT2D eigenvalue weighted by Gasteiger charge is -2.32. The molecule has 1 aliphatic heterocycles. The Labute approximate surface area is 139 Å². The van der Waals surface area contributed by atoms with Gasteiger partial charge < -0.3 is 4.90 Å². The Morgan fingerprint density at radius 2 is 2.13 bits per heavy atom. The molecule has 1 amide bonds. The Balaban J connectivity index is 1.52. The van der Waals surface area contributed by atoms with E-state index in [4.69, 9.17) is 11.6 Å². The average Bonchev–Trinajstić information content (AvgIpc) is 3.09. The van der Waals surface area contributed by atoms with Gasteiger partial charge in [0.15, 0.2) is 0 Å². The fourth-order valence-corrected chi connectivity index (χ4v) is 3.21. The molecule has 0 N–H and O–H groups in total. The van der Waals surface area contributed by atoms with Crippen molar-refractivity contribution in [2.45, 2.75) is 31.7 Å². The summed E-state index contributed by atoms with van der Waals surface area (Å²) in [5, 5.41) is 8.20. The number of likely N-dealkylation sites (tertiary alicyclic amines) is 1. The van der Waals surface area contributed by atoms with E-state index in [1.807, 2.05) is 15.8 Å². The summed E-state index contributed by atoms with van der Waals surface area (Å²) in [6.45, 7) is 1.38. The van der Waals surface area contributed by atoms with Gasteiger partial charge in [0.2, 0.25) is 5.91 Å². The van der Waals surface area contributed by atoms with Crippen LogP contribution in [0.15, 0.2) is 30.6 Å². The van der Waals surface area contributed by atoms with E-state index in [0.29, 0.717) is 36.1 Å². The second-order valence-corrected chi connectivity index (χ2v) is 6.10. The van der Waals surface area contributed by atoms with Gasteiger partial charge in [0.25, 0.3) is 0 Å². The van der Waals surface area contributed by atoms with Crippen molar-refractivity contribution in [2.75, 3.05) is 13.1 Å². The van der Waals surface area contributed by atoms with Gasteiger partial charge in [-0.05, 0) is 31.4 Å². The lowest BCUT2D eigenvalue weighted by molar-refractivity contribution is -0.132. The monoisotopic (exact) mass is 336 g/mol. The van der Waals surface area contributed by atoms with Crippen molar-refractivity contribution in [3.05, 3.63) is 47.0 Å². The average molecular weight is 337 g/mol. The van der Waals surface area contributed by atoms with Gasteiger partial charge in [-0.3, -0.25) is 4.79 Å². The van der Waals surface area contributed by atoms with E-state index in [9.17, 15) is 9.18 Å². The molecule has 5 nitrogen and oxygen atoms in total. The van der Waals surface area contributed by atoms with Gasteiger partial charge in [-0.1, -0.05) is 22.9 Å². The molecule has 0 aliphatic carbocycles. The van der Waals surface area contributed by atoms with E-state index in [2.05, 4.69) is 10.3 Å². The van der Waals surface area contributed by atoms with E-state index in [0.717, 1.165) is 12.8 Å². The van der Waals surface area contributed by atoms with Crippen LogP contribution in [0, 0.1) is 5.82 Å². The van der Waals surface area contributed by atoms with Gasteiger partial charge in [-0.15, -0.1) is 5.10 Å². The second kappa shape index (κ2) is 7.08. The maximum absolute atomic E-state index is 13.7. The maximum Gasteiger partial charge on any atom is 0.222 e. The van der Waals surface area contributed by atoms with Crippen LogP contribution in [0.2, 0.25) is 5.02 Å². The molecule has 23 heavy (non-hydrogen) atoms. The molecule has 0 saturated carbocycles. The number of carbonyl (C=O) groups excluding carboxylic acids is 1. The fourth-order valence-electron chi connectivity index (χ4n) is 2.95. The summed E-state index contributed by atoms with van der Waals surface area (Å²) >= 11 is 5.99. The number of hydrogen-bond acceptors (Lipinski definition) is 3. The van der Waals surface area contributed by atoms with E-state index in [-0.39, 0.29) is 18.1 Å². The van der Waals surface area contributed by atoms with Crippen molar-refractivity contribution in [2.24, 2.45) is 0 Å². The van der Waals surface area contributed by atoms with E-state index >= 15 is 0 Å². The predicted octanol–water partition coefficient (Wildman–Crippen LogP) is 2.87. The number of carbonyl (C=O) groups is 1. The number of rotatable bonds is 4. The third kappa shape index (κ3) is 3.69. The zero-order valence-corrected chi connectivity index (χ0v) is 13.4. The largest absolute Gasteiger partial charge is 0.343 e. The fraction of sp³-hybridized carbons (Fsp3) is 0.438. The highest BCUT2D eigenvalue weighted by molar-refractivity contribution is 6.31. The van der Waals surface area contributed by atoms with Gasteiger partial charge in [0.05, 0.1) is 12.2 Å². The van der Waals surface area contributed by atoms with Crippen molar-refractivity contribution in [3.8, 4) is 0 Å². The Hall–Kier alpha value is -1.95. The standard InChI is InChI=1S/C16H18ClFN4O/c17-14-2-1-3-15(18)13(14)4-5-16(23)21-9-6-12(7-10-21)22-11-8-19-20-22/h1-3,8,11-12H,4-7,9-10H2. The van der Waals surface area contributed by atoms with Crippen molar-refractivity contribution in [1.82, 2.24) is 19.9 Å². The minimum atomic E-state index is -0.352. The Bertz CT molecular complexity index is 648. The molecule has 2 aromatic rings. The van der Waals surface area contributed by atoms with E-state index in [1.165, 1.54) is 6.07 Å². The quantitative estimate of drug-likeness (QED) is 0.862. The zero-order valence-electron chi connectivity index (χ0n) is 12.7. The molecule has 3 rings (SSSR count). The number of amides is 1. The number of benzene rings is 1. The van der Waals surface area contributed by atoms with Crippen LogP contribution in [0.25, 0.3) is 0 Å². The molecule has 7 heteroatoms. The van der Waals surface area contributed by atoms with Crippen LogP contribution < -0.4 is 0 Å². The van der Waals surface area contributed by atoms with E-state index < -0.39 is 0 Å². The van der Waals surface area contributed by atoms with Crippen LogP contribution in [-0.2, 0) is 11.2 Å². The second-order valence-electron chi connectivity index (χ2n) is 5.70. The van der Waals surface area contributed by atoms with Crippen molar-refractivity contribution < 1.29 is 9.18 Å². The highest BCUT2D eigenvalue weighted by Crippen LogP contribution is 2.23. The molecule has 122 valence electrons. The number of nitrogens with zero attached hydrogens (tertiary/aromatic N) is 4. The normalized spacial score (nSPS) is 15.8. The van der Waals surface area contributed by atoms with Crippen LogP contribution in [-0.4, -0.2) is 38.9 Å². The predicted molar refractivity (Wildman–Crippen MR) is 84.6 cm³/mol. The number of piperidine rings is 1. The Morgan fingerprint density at radius 3 is 2.78 bits per heavy atom. The summed E-state index contributed by atoms with van der Waals surface area (Å²) in [6, 6.07) is 4.88. The van der Waals surface area contributed by atoms with Gasteiger partial charge >= 0.3 is 0 Å². The molecule has 1 saturated heterocycles. The van der Waals surface area contributed by atoms with Gasteiger partial charge in [-0.2, -0.15) is 0 Å². The van der Waals surface area contributed by atoms with Crippen molar-refractivity contribution in [3.63, 3.8) is 0 Å². The molecule has 0 spiro atoms. The van der Waals surface area contributed by atoms with Crippen molar-refractivity contribution in [1.29, 1.82) is 0 Å². The molecule has 0 radical (unpaired) electrons. The lowest BCUT2D eigenvalue weighted by atomic mass is 10.0. The first kappa shape index (κ1) is 15.9. The van der Waals surface area contributed by atoms with Gasteiger partial charge in [0, 0.05) is 36.3 Å². The highest BCUT2D eigenvalue weighted by Gasteiger charge is 2.24. The van der Waals surface area contributed by atoms with Gasteiger partial charge in [-0.25, -0.2) is 9.07 Å². The van der Waals surface area contributed by atoms with Gasteiger partial charge in [0.1, 0.15) is 5.82 Å². The zero-order chi connectivity index (χ0) is 16.2.